The average Bonchev–Trinajstić information content (AvgIpc) is 2.08. The summed E-state index contributed by atoms with van der Waals surface area (Å²) in [4.78, 5) is 21.5. The highest BCUT2D eigenvalue weighted by Crippen LogP contribution is 2.03. The van der Waals surface area contributed by atoms with Gasteiger partial charge in [-0.25, -0.2) is 0 Å². The van der Waals surface area contributed by atoms with Crippen LogP contribution in [0.25, 0.3) is 0 Å². The molecule has 2 unspecified atom stereocenters. The van der Waals surface area contributed by atoms with Crippen LogP contribution in [0.1, 0.15) is 19.8 Å². The highest BCUT2D eigenvalue weighted by Gasteiger charge is 2.20. The number of amides is 2. The maximum Gasteiger partial charge on any atom is 0.234 e. The molecule has 0 aliphatic carbocycles. The molecule has 2 atom stereocenters. The third kappa shape index (κ3) is 3.02. The van der Waals surface area contributed by atoms with Gasteiger partial charge in [0, 0.05) is 19.0 Å². The first-order valence-corrected chi connectivity index (χ1v) is 4.41. The summed E-state index contributed by atoms with van der Waals surface area (Å²) in [5, 5.41) is 5.77. The first-order valence-electron chi connectivity index (χ1n) is 4.41. The van der Waals surface area contributed by atoms with Crippen molar-refractivity contribution < 1.29 is 9.59 Å². The van der Waals surface area contributed by atoms with Gasteiger partial charge in [0.05, 0.1) is 6.04 Å². The molecule has 5 nitrogen and oxygen atoms in total. The van der Waals surface area contributed by atoms with Crippen LogP contribution in [0.4, 0.5) is 0 Å². The largest absolute Gasteiger partial charge is 0.368 e. The molecule has 1 heterocycles. The van der Waals surface area contributed by atoms with Crippen LogP contribution in [0.3, 0.4) is 0 Å². The number of hydrogen-bond acceptors (Lipinski definition) is 3. The molecule has 13 heavy (non-hydrogen) atoms. The molecule has 2 amide bonds. The van der Waals surface area contributed by atoms with E-state index in [0.717, 1.165) is 6.42 Å². The van der Waals surface area contributed by atoms with Crippen molar-refractivity contribution in [2.75, 3.05) is 6.54 Å². The second kappa shape index (κ2) is 4.23. The van der Waals surface area contributed by atoms with Crippen molar-refractivity contribution in [3.63, 3.8) is 0 Å². The molecule has 5 heteroatoms. The number of piperidine rings is 1. The van der Waals surface area contributed by atoms with E-state index in [-0.39, 0.29) is 23.9 Å². The highest BCUT2D eigenvalue weighted by molar-refractivity contribution is 5.79. The van der Waals surface area contributed by atoms with Gasteiger partial charge < -0.3 is 16.4 Å². The summed E-state index contributed by atoms with van der Waals surface area (Å²) in [6.45, 7) is 2.30. The quantitative estimate of drug-likeness (QED) is 0.512. The van der Waals surface area contributed by atoms with Gasteiger partial charge in [-0.3, -0.25) is 9.59 Å². The molecule has 0 aromatic carbocycles. The smallest absolute Gasteiger partial charge is 0.234 e. The lowest BCUT2D eigenvalue weighted by atomic mass is 10.1. The fourth-order valence-electron chi connectivity index (χ4n) is 1.31. The Morgan fingerprint density at radius 3 is 2.92 bits per heavy atom. The Morgan fingerprint density at radius 1 is 1.77 bits per heavy atom. The molecule has 1 fully saturated rings. The molecule has 1 aliphatic heterocycles. The predicted octanol–water partition coefficient (Wildman–Crippen LogP) is -1.27. The van der Waals surface area contributed by atoms with E-state index in [9.17, 15) is 9.59 Å². The molecule has 74 valence electrons. The van der Waals surface area contributed by atoms with Crippen molar-refractivity contribution in [2.45, 2.75) is 31.8 Å². The van der Waals surface area contributed by atoms with E-state index >= 15 is 0 Å². The fourth-order valence-corrected chi connectivity index (χ4v) is 1.31. The Labute approximate surface area is 77.1 Å². The minimum Gasteiger partial charge on any atom is -0.368 e. The number of hydrogen-bond donors (Lipinski definition) is 3. The number of nitrogens with two attached hydrogens (primary N) is 1. The van der Waals surface area contributed by atoms with Crippen LogP contribution in [-0.2, 0) is 9.59 Å². The summed E-state index contributed by atoms with van der Waals surface area (Å²) in [5.41, 5.74) is 5.09. The van der Waals surface area contributed by atoms with Gasteiger partial charge in [0.25, 0.3) is 0 Å². The summed E-state index contributed by atoms with van der Waals surface area (Å²) in [6, 6.07) is -0.166. The molecule has 1 saturated heterocycles. The van der Waals surface area contributed by atoms with Crippen LogP contribution in [-0.4, -0.2) is 30.4 Å². The SMILES string of the molecule is CC(NC1CCC(=O)NC1)C(N)=O. The summed E-state index contributed by atoms with van der Waals surface area (Å²) < 4.78 is 0. The molecular weight excluding hydrogens is 170 g/mol. The van der Waals surface area contributed by atoms with Gasteiger partial charge in [-0.05, 0) is 13.3 Å². The number of carbonyl (C=O) groups excluding carboxylic acids is 2. The molecule has 0 saturated carbocycles. The first kappa shape index (κ1) is 9.98. The zero-order valence-corrected chi connectivity index (χ0v) is 7.67. The normalized spacial score (nSPS) is 25.0. The zero-order chi connectivity index (χ0) is 9.84. The lowest BCUT2D eigenvalue weighted by molar-refractivity contribution is -0.122. The van der Waals surface area contributed by atoms with Crippen molar-refractivity contribution in [3.8, 4) is 0 Å². The fraction of sp³-hybridized carbons (Fsp3) is 0.750. The maximum atomic E-state index is 10.8. The number of carbonyl (C=O) groups is 2. The van der Waals surface area contributed by atoms with Crippen LogP contribution in [0.2, 0.25) is 0 Å². The van der Waals surface area contributed by atoms with Gasteiger partial charge in [0.2, 0.25) is 11.8 Å². The van der Waals surface area contributed by atoms with Crippen molar-refractivity contribution in [3.05, 3.63) is 0 Å². The van der Waals surface area contributed by atoms with Crippen LogP contribution in [0.15, 0.2) is 0 Å². The van der Waals surface area contributed by atoms with Gasteiger partial charge >= 0.3 is 0 Å². The van der Waals surface area contributed by atoms with E-state index in [1.54, 1.807) is 6.92 Å². The second-order valence-corrected chi connectivity index (χ2v) is 3.33. The Balaban J connectivity index is 2.30. The monoisotopic (exact) mass is 185 g/mol. The van der Waals surface area contributed by atoms with E-state index in [0.29, 0.717) is 13.0 Å². The highest BCUT2D eigenvalue weighted by atomic mass is 16.2. The van der Waals surface area contributed by atoms with Crippen LogP contribution < -0.4 is 16.4 Å². The molecule has 0 spiro atoms. The van der Waals surface area contributed by atoms with E-state index < -0.39 is 0 Å². The van der Waals surface area contributed by atoms with Gasteiger partial charge in [0.15, 0.2) is 0 Å². The maximum absolute atomic E-state index is 10.8. The molecular formula is C8H15N3O2. The summed E-state index contributed by atoms with van der Waals surface area (Å²) in [6.07, 6.45) is 1.28. The van der Waals surface area contributed by atoms with Crippen molar-refractivity contribution in [1.82, 2.24) is 10.6 Å². The van der Waals surface area contributed by atoms with Crippen LogP contribution in [0.5, 0.6) is 0 Å². The van der Waals surface area contributed by atoms with E-state index in [1.165, 1.54) is 0 Å². The molecule has 1 rings (SSSR count). The van der Waals surface area contributed by atoms with E-state index in [1.807, 2.05) is 0 Å². The Hall–Kier alpha value is -1.10. The van der Waals surface area contributed by atoms with Crippen molar-refractivity contribution in [2.24, 2.45) is 5.73 Å². The molecule has 4 N–H and O–H groups in total. The third-order valence-electron chi connectivity index (χ3n) is 2.18. The van der Waals surface area contributed by atoms with Gasteiger partial charge in [0.1, 0.15) is 0 Å². The molecule has 0 bridgehead atoms. The predicted molar refractivity (Wildman–Crippen MR) is 47.8 cm³/mol. The molecule has 0 radical (unpaired) electrons. The topological polar surface area (TPSA) is 84.2 Å². The van der Waals surface area contributed by atoms with E-state index in [4.69, 9.17) is 5.73 Å². The minimum atomic E-state index is -0.364. The molecule has 0 aromatic heterocycles. The Morgan fingerprint density at radius 2 is 2.46 bits per heavy atom. The molecule has 0 aromatic rings. The standard InChI is InChI=1S/C8H15N3O2/c1-5(8(9)13)11-6-2-3-7(12)10-4-6/h5-6,11H,2-4H2,1H3,(H2,9,13)(H,10,12). The summed E-state index contributed by atoms with van der Waals surface area (Å²) in [5.74, 6) is -0.290. The Kier molecular flexibility index (Phi) is 3.25. The number of primary amides is 1. The van der Waals surface area contributed by atoms with Gasteiger partial charge in [-0.15, -0.1) is 0 Å². The molecule has 1 aliphatic rings. The van der Waals surface area contributed by atoms with Crippen LogP contribution >= 0.6 is 0 Å². The van der Waals surface area contributed by atoms with Crippen molar-refractivity contribution >= 4 is 11.8 Å². The van der Waals surface area contributed by atoms with Gasteiger partial charge in [-0.2, -0.15) is 0 Å². The van der Waals surface area contributed by atoms with E-state index in [2.05, 4.69) is 10.6 Å². The average molecular weight is 185 g/mol. The lowest BCUT2D eigenvalue weighted by Crippen LogP contribution is -2.51. The van der Waals surface area contributed by atoms with Crippen LogP contribution in [0, 0.1) is 0 Å². The first-order chi connectivity index (χ1) is 6.09. The third-order valence-corrected chi connectivity index (χ3v) is 2.18. The second-order valence-electron chi connectivity index (χ2n) is 3.33. The Bertz CT molecular complexity index is 207. The van der Waals surface area contributed by atoms with Gasteiger partial charge in [-0.1, -0.05) is 0 Å². The number of nitrogens with one attached hydrogen (secondary N) is 2. The number of rotatable bonds is 3. The lowest BCUT2D eigenvalue weighted by Gasteiger charge is -2.25. The minimum absolute atomic E-state index is 0.0739. The summed E-state index contributed by atoms with van der Waals surface area (Å²) in [7, 11) is 0. The summed E-state index contributed by atoms with van der Waals surface area (Å²) >= 11 is 0. The van der Waals surface area contributed by atoms with Crippen molar-refractivity contribution in [1.29, 1.82) is 0 Å². The zero-order valence-electron chi connectivity index (χ0n) is 7.67.